The van der Waals surface area contributed by atoms with Crippen LogP contribution >= 0.6 is 11.8 Å². The lowest BCUT2D eigenvalue weighted by Crippen LogP contribution is -2.33. The first-order valence-electron chi connectivity index (χ1n) is 4.88. The van der Waals surface area contributed by atoms with Crippen LogP contribution in [-0.2, 0) is 14.6 Å². The molecule has 1 aliphatic heterocycles. The maximum atomic E-state index is 11.8. The van der Waals surface area contributed by atoms with Gasteiger partial charge in [0.1, 0.15) is 0 Å². The lowest BCUT2D eigenvalue weighted by Gasteiger charge is -2.09. The Labute approximate surface area is 101 Å². The van der Waals surface area contributed by atoms with Gasteiger partial charge < -0.3 is 5.32 Å². The van der Waals surface area contributed by atoms with Crippen LogP contribution in [-0.4, -0.2) is 43.6 Å². The van der Waals surface area contributed by atoms with Gasteiger partial charge in [-0.05, 0) is 18.2 Å². The minimum atomic E-state index is -4.30. The van der Waals surface area contributed by atoms with E-state index in [9.17, 15) is 26.4 Å². The number of sulfone groups is 1. The van der Waals surface area contributed by atoms with Crippen molar-refractivity contribution in [2.24, 2.45) is 5.92 Å². The first-order chi connectivity index (χ1) is 7.70. The maximum absolute atomic E-state index is 11.8. The van der Waals surface area contributed by atoms with E-state index in [1.807, 2.05) is 0 Å². The molecule has 100 valence electrons. The summed E-state index contributed by atoms with van der Waals surface area (Å²) in [5, 5.41) is 2.31. The van der Waals surface area contributed by atoms with Gasteiger partial charge in [0.25, 0.3) is 0 Å². The molecule has 1 N–H and O–H groups in total. The molecule has 0 spiro atoms. The Morgan fingerprint density at radius 1 is 1.41 bits per heavy atom. The van der Waals surface area contributed by atoms with Crippen molar-refractivity contribution in [1.82, 2.24) is 5.32 Å². The second kappa shape index (κ2) is 5.47. The molecular weight excluding hydrogens is 279 g/mol. The predicted octanol–water partition coefficient (Wildman–Crippen LogP) is 0.790. The molecule has 17 heavy (non-hydrogen) atoms. The molecule has 0 aromatic heterocycles. The molecular formula is C8H12F3NO3S2. The molecule has 1 heterocycles. The molecule has 1 fully saturated rings. The third kappa shape index (κ3) is 5.62. The second-order valence-corrected chi connectivity index (χ2v) is 7.07. The van der Waals surface area contributed by atoms with Crippen molar-refractivity contribution in [1.29, 1.82) is 0 Å². The van der Waals surface area contributed by atoms with Gasteiger partial charge in [-0.15, -0.1) is 0 Å². The van der Waals surface area contributed by atoms with Gasteiger partial charge in [0.15, 0.2) is 9.84 Å². The first-order valence-corrected chi connectivity index (χ1v) is 7.69. The summed E-state index contributed by atoms with van der Waals surface area (Å²) in [6.45, 7) is -0.112. The van der Waals surface area contributed by atoms with Crippen molar-refractivity contribution in [2.45, 2.75) is 11.9 Å². The zero-order chi connectivity index (χ0) is 13.1. The van der Waals surface area contributed by atoms with Crippen LogP contribution in [0.2, 0.25) is 0 Å². The van der Waals surface area contributed by atoms with Crippen molar-refractivity contribution in [3.05, 3.63) is 0 Å². The summed E-state index contributed by atoms with van der Waals surface area (Å²) in [5.41, 5.74) is -4.30. The lowest BCUT2D eigenvalue weighted by atomic mass is 10.1. The van der Waals surface area contributed by atoms with Crippen molar-refractivity contribution in [2.75, 3.05) is 23.8 Å². The van der Waals surface area contributed by atoms with Crippen LogP contribution in [0.15, 0.2) is 0 Å². The van der Waals surface area contributed by atoms with Gasteiger partial charge in [-0.3, -0.25) is 4.79 Å². The smallest absolute Gasteiger partial charge is 0.355 e. The van der Waals surface area contributed by atoms with Gasteiger partial charge in [-0.25, -0.2) is 8.42 Å². The van der Waals surface area contributed by atoms with E-state index in [4.69, 9.17) is 0 Å². The molecule has 0 aromatic carbocycles. The third-order valence-electron chi connectivity index (χ3n) is 2.27. The largest absolute Gasteiger partial charge is 0.441 e. The quantitative estimate of drug-likeness (QED) is 0.778. The van der Waals surface area contributed by atoms with Crippen LogP contribution < -0.4 is 5.32 Å². The summed E-state index contributed by atoms with van der Waals surface area (Å²) in [7, 11) is -3.14. The maximum Gasteiger partial charge on any atom is 0.441 e. The Morgan fingerprint density at radius 2 is 2.06 bits per heavy atom. The molecule has 0 unspecified atom stereocenters. The van der Waals surface area contributed by atoms with Gasteiger partial charge >= 0.3 is 5.51 Å². The van der Waals surface area contributed by atoms with E-state index in [1.54, 1.807) is 0 Å². The molecule has 0 saturated carbocycles. The highest BCUT2D eigenvalue weighted by Crippen LogP contribution is 2.29. The second-order valence-electron chi connectivity index (χ2n) is 3.69. The number of amides is 1. The number of nitrogens with one attached hydrogen (secondary N) is 1. The van der Waals surface area contributed by atoms with Crippen molar-refractivity contribution >= 4 is 27.5 Å². The standard InChI is InChI=1S/C8H12F3NO3S2/c9-8(10,11)16-3-2-12-7(13)6-1-4-17(14,15)5-6/h6H,1-5H2,(H,12,13)/t6-/m1/s1. The Balaban J connectivity index is 2.23. The fraction of sp³-hybridized carbons (Fsp3) is 0.875. The molecule has 1 aliphatic rings. The van der Waals surface area contributed by atoms with E-state index in [1.165, 1.54) is 0 Å². The highest BCUT2D eigenvalue weighted by molar-refractivity contribution is 8.00. The average Bonchev–Trinajstić information content (AvgIpc) is 2.52. The third-order valence-corrected chi connectivity index (χ3v) is 4.77. The summed E-state index contributed by atoms with van der Waals surface area (Å²) in [4.78, 5) is 11.4. The van der Waals surface area contributed by atoms with Crippen LogP contribution in [0.4, 0.5) is 13.2 Å². The Hall–Kier alpha value is -0.440. The van der Waals surface area contributed by atoms with Gasteiger partial charge in [0.2, 0.25) is 5.91 Å². The minimum Gasteiger partial charge on any atom is -0.355 e. The number of carbonyl (C=O) groups is 1. The molecule has 0 bridgehead atoms. The fourth-order valence-electron chi connectivity index (χ4n) is 1.49. The van der Waals surface area contributed by atoms with Gasteiger partial charge in [0.05, 0.1) is 17.4 Å². The number of halogens is 3. The SMILES string of the molecule is O=C(NCCSC(F)(F)F)[C@@H]1CCS(=O)(=O)C1. The lowest BCUT2D eigenvalue weighted by molar-refractivity contribution is -0.124. The summed E-state index contributed by atoms with van der Waals surface area (Å²) < 4.78 is 57.4. The zero-order valence-electron chi connectivity index (χ0n) is 8.79. The Morgan fingerprint density at radius 3 is 2.53 bits per heavy atom. The first kappa shape index (κ1) is 14.6. The Bertz CT molecular complexity index is 380. The molecule has 0 aliphatic carbocycles. The number of alkyl halides is 3. The van der Waals surface area contributed by atoms with E-state index in [0.717, 1.165) is 0 Å². The van der Waals surface area contributed by atoms with Crippen LogP contribution in [0.1, 0.15) is 6.42 Å². The summed E-state index contributed by atoms with van der Waals surface area (Å²) in [6.07, 6.45) is 0.251. The van der Waals surface area contributed by atoms with Crippen molar-refractivity contribution in [3.63, 3.8) is 0 Å². The van der Waals surface area contributed by atoms with Crippen LogP contribution in [0, 0.1) is 5.92 Å². The molecule has 0 radical (unpaired) electrons. The van der Waals surface area contributed by atoms with E-state index < -0.39 is 27.2 Å². The van der Waals surface area contributed by atoms with E-state index in [2.05, 4.69) is 5.32 Å². The van der Waals surface area contributed by atoms with E-state index in [-0.39, 0.29) is 42.0 Å². The summed E-state index contributed by atoms with van der Waals surface area (Å²) >= 11 is -0.215. The topological polar surface area (TPSA) is 63.2 Å². The highest BCUT2D eigenvalue weighted by Gasteiger charge is 2.33. The monoisotopic (exact) mass is 291 g/mol. The van der Waals surface area contributed by atoms with Gasteiger partial charge in [-0.1, -0.05) is 0 Å². The van der Waals surface area contributed by atoms with Crippen LogP contribution in [0.5, 0.6) is 0 Å². The number of hydrogen-bond donors (Lipinski definition) is 1. The molecule has 4 nitrogen and oxygen atoms in total. The molecule has 0 aromatic rings. The Kier molecular flexibility index (Phi) is 4.70. The van der Waals surface area contributed by atoms with Gasteiger partial charge in [0, 0.05) is 12.3 Å². The minimum absolute atomic E-state index is 0.0254. The highest BCUT2D eigenvalue weighted by atomic mass is 32.2. The fourth-order valence-corrected chi connectivity index (χ4v) is 3.66. The molecule has 1 saturated heterocycles. The summed E-state index contributed by atoms with van der Waals surface area (Å²) in [6, 6.07) is 0. The van der Waals surface area contributed by atoms with E-state index >= 15 is 0 Å². The summed E-state index contributed by atoms with van der Waals surface area (Å²) in [5.74, 6) is -1.59. The van der Waals surface area contributed by atoms with Crippen molar-refractivity contribution in [3.8, 4) is 0 Å². The zero-order valence-corrected chi connectivity index (χ0v) is 10.4. The number of carbonyl (C=O) groups excluding carboxylic acids is 1. The average molecular weight is 291 g/mol. The van der Waals surface area contributed by atoms with Gasteiger partial charge in [-0.2, -0.15) is 13.2 Å². The number of hydrogen-bond acceptors (Lipinski definition) is 4. The molecule has 9 heteroatoms. The predicted molar refractivity (Wildman–Crippen MR) is 58.3 cm³/mol. The molecule has 1 amide bonds. The normalized spacial score (nSPS) is 23.6. The van der Waals surface area contributed by atoms with Crippen molar-refractivity contribution < 1.29 is 26.4 Å². The van der Waals surface area contributed by atoms with Crippen LogP contribution in [0.3, 0.4) is 0 Å². The van der Waals surface area contributed by atoms with Crippen LogP contribution in [0.25, 0.3) is 0 Å². The number of thioether (sulfide) groups is 1. The number of rotatable bonds is 4. The molecule has 1 atom stereocenters. The molecule has 1 rings (SSSR count). The van der Waals surface area contributed by atoms with E-state index in [0.29, 0.717) is 0 Å².